The number of para-hydroxylation sites is 2. The Labute approximate surface area is 156 Å². The van der Waals surface area contributed by atoms with Gasteiger partial charge >= 0.3 is 7.12 Å². The zero-order valence-corrected chi connectivity index (χ0v) is 15.7. The van der Waals surface area contributed by atoms with Crippen molar-refractivity contribution in [3.8, 4) is 0 Å². The summed E-state index contributed by atoms with van der Waals surface area (Å²) in [6.45, 7) is 6.32. The van der Waals surface area contributed by atoms with E-state index < -0.39 is 6.10 Å². The maximum atomic E-state index is 10.5. The van der Waals surface area contributed by atoms with Crippen LogP contribution in [0.3, 0.4) is 0 Å². The van der Waals surface area contributed by atoms with Gasteiger partial charge in [0.2, 0.25) is 0 Å². The number of hydrogen-bond acceptors (Lipinski definition) is 4. The van der Waals surface area contributed by atoms with E-state index in [9.17, 15) is 5.11 Å². The summed E-state index contributed by atoms with van der Waals surface area (Å²) in [6.07, 6.45) is 0.695. The monoisotopic (exact) mass is 353 g/mol. The van der Waals surface area contributed by atoms with Gasteiger partial charge in [-0.1, -0.05) is 50.2 Å². The molecule has 4 nitrogen and oxygen atoms in total. The van der Waals surface area contributed by atoms with Gasteiger partial charge in [-0.2, -0.15) is 0 Å². The maximum absolute atomic E-state index is 10.5. The molecular weight excluding hydrogens is 325 g/mol. The number of hydrogen-bond donors (Lipinski definition) is 1. The third kappa shape index (κ3) is 5.34. The van der Waals surface area contributed by atoms with Crippen LogP contribution in [-0.2, 0) is 9.31 Å². The Morgan fingerprint density at radius 1 is 0.962 bits per heavy atom. The van der Waals surface area contributed by atoms with Crippen molar-refractivity contribution in [3.05, 3.63) is 60.7 Å². The van der Waals surface area contributed by atoms with Crippen molar-refractivity contribution in [2.45, 2.75) is 32.7 Å². The van der Waals surface area contributed by atoms with Crippen LogP contribution in [0.2, 0.25) is 6.32 Å². The SMILES string of the molecule is CC1(C)COB(CC(O)CCN(c2ccccc2)c2ccccc2)OC1. The summed E-state index contributed by atoms with van der Waals surface area (Å²) in [7, 11) is -0.306. The molecule has 1 saturated heterocycles. The van der Waals surface area contributed by atoms with Gasteiger partial charge in [-0.3, -0.25) is 0 Å². The summed E-state index contributed by atoms with van der Waals surface area (Å²) >= 11 is 0. The first kappa shape index (κ1) is 19.0. The Morgan fingerprint density at radius 2 is 1.46 bits per heavy atom. The Morgan fingerprint density at radius 3 is 1.96 bits per heavy atom. The van der Waals surface area contributed by atoms with Crippen LogP contribution in [-0.4, -0.2) is 38.1 Å². The molecule has 0 bridgehead atoms. The minimum atomic E-state index is -0.462. The van der Waals surface area contributed by atoms with Gasteiger partial charge < -0.3 is 19.3 Å². The summed E-state index contributed by atoms with van der Waals surface area (Å²) in [6, 6.07) is 20.5. The summed E-state index contributed by atoms with van der Waals surface area (Å²) in [5.41, 5.74) is 2.30. The van der Waals surface area contributed by atoms with Gasteiger partial charge in [-0.15, -0.1) is 0 Å². The highest BCUT2D eigenvalue weighted by atomic mass is 16.6. The molecule has 1 fully saturated rings. The zero-order chi connectivity index (χ0) is 18.4. The fourth-order valence-electron chi connectivity index (χ4n) is 3.10. The molecule has 0 spiro atoms. The molecule has 0 aromatic heterocycles. The third-order valence-electron chi connectivity index (χ3n) is 4.61. The maximum Gasteiger partial charge on any atom is 0.459 e. The van der Waals surface area contributed by atoms with E-state index in [4.69, 9.17) is 9.31 Å². The van der Waals surface area contributed by atoms with E-state index >= 15 is 0 Å². The van der Waals surface area contributed by atoms with Crippen LogP contribution in [0.4, 0.5) is 11.4 Å². The number of nitrogens with zero attached hydrogens (tertiary/aromatic N) is 1. The molecule has 1 aliphatic rings. The Hall–Kier alpha value is -1.82. The Bertz CT molecular complexity index is 616. The molecular formula is C21H28BNO3. The van der Waals surface area contributed by atoms with Gasteiger partial charge in [-0.25, -0.2) is 0 Å². The third-order valence-corrected chi connectivity index (χ3v) is 4.61. The highest BCUT2D eigenvalue weighted by Gasteiger charge is 2.33. The standard InChI is InChI=1S/C21H28BNO3/c1-21(2)16-25-22(26-17-21)15-20(24)13-14-23(18-9-5-3-6-10-18)19-11-7-4-8-12-19/h3-12,20,24H,13-17H2,1-2H3. The molecule has 1 heterocycles. The Kier molecular flexibility index (Phi) is 6.36. The van der Waals surface area contributed by atoms with Gasteiger partial charge in [0.15, 0.2) is 0 Å². The Balaban J connectivity index is 1.58. The van der Waals surface area contributed by atoms with Crippen molar-refractivity contribution in [2.75, 3.05) is 24.7 Å². The molecule has 0 radical (unpaired) electrons. The molecule has 3 rings (SSSR count). The molecule has 1 atom stereocenters. The van der Waals surface area contributed by atoms with E-state index in [1.807, 2.05) is 36.4 Å². The molecule has 138 valence electrons. The van der Waals surface area contributed by atoms with Crippen molar-refractivity contribution < 1.29 is 14.4 Å². The predicted molar refractivity (Wildman–Crippen MR) is 107 cm³/mol. The second-order valence-corrected chi connectivity index (χ2v) is 7.72. The fourth-order valence-corrected chi connectivity index (χ4v) is 3.10. The van der Waals surface area contributed by atoms with Crippen LogP contribution in [0, 0.1) is 5.41 Å². The smallest absolute Gasteiger partial charge is 0.410 e. The van der Waals surface area contributed by atoms with Crippen LogP contribution in [0.1, 0.15) is 20.3 Å². The van der Waals surface area contributed by atoms with Gasteiger partial charge in [-0.05, 0) is 30.7 Å². The largest absolute Gasteiger partial charge is 0.459 e. The molecule has 0 saturated carbocycles. The normalized spacial score (nSPS) is 17.7. The van der Waals surface area contributed by atoms with E-state index in [2.05, 4.69) is 43.0 Å². The van der Waals surface area contributed by atoms with Gasteiger partial charge in [0.25, 0.3) is 0 Å². The zero-order valence-electron chi connectivity index (χ0n) is 15.7. The topological polar surface area (TPSA) is 41.9 Å². The average Bonchev–Trinajstić information content (AvgIpc) is 2.65. The second kappa shape index (κ2) is 8.71. The van der Waals surface area contributed by atoms with Crippen molar-refractivity contribution in [1.82, 2.24) is 0 Å². The van der Waals surface area contributed by atoms with Gasteiger partial charge in [0.05, 0.1) is 6.10 Å². The number of aliphatic hydroxyl groups is 1. The van der Waals surface area contributed by atoms with Crippen LogP contribution in [0.15, 0.2) is 60.7 Å². The molecule has 2 aromatic carbocycles. The molecule has 1 unspecified atom stereocenters. The lowest BCUT2D eigenvalue weighted by Crippen LogP contribution is -2.42. The first-order chi connectivity index (χ1) is 12.5. The average molecular weight is 353 g/mol. The number of rotatable bonds is 7. The van der Waals surface area contributed by atoms with Crippen LogP contribution in [0.25, 0.3) is 0 Å². The molecule has 5 heteroatoms. The van der Waals surface area contributed by atoms with Gasteiger partial charge in [0, 0.05) is 42.9 Å². The van der Waals surface area contributed by atoms with Crippen LogP contribution >= 0.6 is 0 Å². The predicted octanol–water partition coefficient (Wildman–Crippen LogP) is 4.14. The van der Waals surface area contributed by atoms with E-state index in [1.54, 1.807) is 0 Å². The summed E-state index contributed by atoms with van der Waals surface area (Å²) in [5, 5.41) is 10.5. The van der Waals surface area contributed by atoms with E-state index in [-0.39, 0.29) is 12.5 Å². The number of benzene rings is 2. The lowest BCUT2D eigenvalue weighted by molar-refractivity contribution is 0.0227. The molecule has 2 aromatic rings. The molecule has 1 aliphatic heterocycles. The first-order valence-corrected chi connectivity index (χ1v) is 9.32. The molecule has 1 N–H and O–H groups in total. The first-order valence-electron chi connectivity index (χ1n) is 9.32. The lowest BCUT2D eigenvalue weighted by atomic mass is 9.77. The van der Waals surface area contributed by atoms with Crippen molar-refractivity contribution in [3.63, 3.8) is 0 Å². The number of aliphatic hydroxyl groups excluding tert-OH is 1. The molecule has 0 aliphatic carbocycles. The van der Waals surface area contributed by atoms with Gasteiger partial charge in [0.1, 0.15) is 0 Å². The summed E-state index contributed by atoms with van der Waals surface area (Å²) < 4.78 is 11.5. The van der Waals surface area contributed by atoms with E-state index in [0.717, 1.165) is 17.9 Å². The lowest BCUT2D eigenvalue weighted by Gasteiger charge is -2.34. The van der Waals surface area contributed by atoms with E-state index in [0.29, 0.717) is 26.0 Å². The number of anilines is 2. The van der Waals surface area contributed by atoms with Crippen molar-refractivity contribution in [1.29, 1.82) is 0 Å². The minimum absolute atomic E-state index is 0.0544. The van der Waals surface area contributed by atoms with Crippen LogP contribution in [0.5, 0.6) is 0 Å². The minimum Gasteiger partial charge on any atom is -0.410 e. The van der Waals surface area contributed by atoms with Crippen LogP contribution < -0.4 is 4.90 Å². The highest BCUT2D eigenvalue weighted by Crippen LogP contribution is 2.27. The summed E-state index contributed by atoms with van der Waals surface area (Å²) in [5.74, 6) is 0. The molecule has 0 amide bonds. The highest BCUT2D eigenvalue weighted by molar-refractivity contribution is 6.44. The summed E-state index contributed by atoms with van der Waals surface area (Å²) in [4.78, 5) is 2.23. The van der Waals surface area contributed by atoms with E-state index in [1.165, 1.54) is 0 Å². The second-order valence-electron chi connectivity index (χ2n) is 7.72. The van der Waals surface area contributed by atoms with Crippen molar-refractivity contribution >= 4 is 18.5 Å². The fraction of sp³-hybridized carbons (Fsp3) is 0.429. The molecule has 26 heavy (non-hydrogen) atoms. The van der Waals surface area contributed by atoms with Crippen molar-refractivity contribution in [2.24, 2.45) is 5.41 Å². The quantitative estimate of drug-likeness (QED) is 0.760.